The highest BCUT2D eigenvalue weighted by Crippen LogP contribution is 2.23. The van der Waals surface area contributed by atoms with Gasteiger partial charge in [-0.15, -0.1) is 0 Å². The average molecular weight is 225 g/mol. The zero-order chi connectivity index (χ0) is 11.5. The molecule has 3 heteroatoms. The Morgan fingerprint density at radius 3 is 2.20 bits per heavy atom. The summed E-state index contributed by atoms with van der Waals surface area (Å²) in [6, 6.07) is 7.57. The molecule has 0 aliphatic carbocycles. The van der Waals surface area contributed by atoms with Crippen LogP contribution in [0.25, 0.3) is 0 Å². The minimum absolute atomic E-state index is 0.109. The number of hydrogen-bond acceptors (Lipinski definition) is 2. The highest BCUT2D eigenvalue weighted by molar-refractivity contribution is 6.69. The van der Waals surface area contributed by atoms with Gasteiger partial charge in [0.25, 0.3) is 0 Å². The van der Waals surface area contributed by atoms with E-state index in [-0.39, 0.29) is 10.6 Å². The fourth-order valence-corrected chi connectivity index (χ4v) is 1.40. The summed E-state index contributed by atoms with van der Waals surface area (Å²) in [6.07, 6.45) is 2.17. The molecule has 0 saturated carbocycles. The largest absolute Gasteiger partial charge is 0.410 e. The lowest BCUT2D eigenvalue weighted by Gasteiger charge is -2.17. The normalized spacial score (nSPS) is 12.9. The Morgan fingerprint density at radius 2 is 1.80 bits per heavy atom. The van der Waals surface area contributed by atoms with Gasteiger partial charge in [-0.3, -0.25) is 0 Å². The molecule has 0 aliphatic rings. The Labute approximate surface area is 95.6 Å². The summed E-state index contributed by atoms with van der Waals surface area (Å²) in [5.74, 6) is 0. The van der Waals surface area contributed by atoms with E-state index in [1.54, 1.807) is 0 Å². The van der Waals surface area contributed by atoms with Crippen molar-refractivity contribution in [3.8, 4) is 0 Å². The van der Waals surface area contributed by atoms with Crippen LogP contribution in [0, 0.1) is 11.8 Å². The monoisotopic (exact) mass is 224 g/mol. The molecule has 15 heavy (non-hydrogen) atoms. The van der Waals surface area contributed by atoms with E-state index >= 15 is 0 Å². The van der Waals surface area contributed by atoms with E-state index in [0.29, 0.717) is 5.56 Å². The van der Waals surface area contributed by atoms with Crippen LogP contribution in [-0.2, 0) is 0 Å². The Hall–Kier alpha value is -1.02. The van der Waals surface area contributed by atoms with Crippen molar-refractivity contribution in [3.63, 3.8) is 0 Å². The maximum atomic E-state index is 8.49. The molecule has 1 radical (unpaired) electrons. The van der Waals surface area contributed by atoms with Gasteiger partial charge in [-0.05, 0) is 17.4 Å². The molecule has 0 amide bonds. The minimum Gasteiger partial charge on any atom is -0.410 e. The van der Waals surface area contributed by atoms with Crippen LogP contribution >= 0.6 is 11.6 Å². The Morgan fingerprint density at radius 1 is 1.27 bits per heavy atom. The van der Waals surface area contributed by atoms with Crippen LogP contribution < -0.4 is 0 Å². The first-order valence-electron chi connectivity index (χ1n) is 4.76. The summed E-state index contributed by atoms with van der Waals surface area (Å²) in [5, 5.41) is 11.5. The van der Waals surface area contributed by atoms with E-state index in [4.69, 9.17) is 16.8 Å². The van der Waals surface area contributed by atoms with Crippen molar-refractivity contribution in [1.29, 1.82) is 0 Å². The maximum Gasteiger partial charge on any atom is 0.175 e. The van der Waals surface area contributed by atoms with Gasteiger partial charge >= 0.3 is 0 Å². The number of nitrogens with zero attached hydrogens (tertiary/aromatic N) is 1. The molecule has 0 spiro atoms. The molecule has 0 heterocycles. The van der Waals surface area contributed by atoms with Crippen molar-refractivity contribution in [3.05, 3.63) is 41.8 Å². The molecule has 0 unspecified atom stereocenters. The third-order valence-corrected chi connectivity index (χ3v) is 2.13. The second-order valence-corrected chi connectivity index (χ2v) is 4.88. The topological polar surface area (TPSA) is 32.6 Å². The molecule has 0 atom stereocenters. The van der Waals surface area contributed by atoms with Gasteiger partial charge in [-0.2, -0.15) is 0 Å². The van der Waals surface area contributed by atoms with Crippen LogP contribution in [0.1, 0.15) is 31.9 Å². The SMILES string of the molecule is CC(C)(C)[CH]c1ccc(C(Cl)=NO)cc1. The van der Waals surface area contributed by atoms with Gasteiger partial charge in [0.15, 0.2) is 5.17 Å². The Bertz CT molecular complexity index is 349. The highest BCUT2D eigenvalue weighted by atomic mass is 35.5. The first kappa shape index (κ1) is 12.1. The number of rotatable bonds is 2. The Balaban J connectivity index is 2.82. The van der Waals surface area contributed by atoms with Crippen LogP contribution in [-0.4, -0.2) is 10.4 Å². The van der Waals surface area contributed by atoms with Crippen LogP contribution in [0.3, 0.4) is 0 Å². The molecule has 0 saturated heterocycles. The molecule has 1 N–H and O–H groups in total. The zero-order valence-electron chi connectivity index (χ0n) is 9.16. The fraction of sp³-hybridized carbons (Fsp3) is 0.333. The van der Waals surface area contributed by atoms with Gasteiger partial charge in [0.1, 0.15) is 0 Å². The molecule has 2 nitrogen and oxygen atoms in total. The van der Waals surface area contributed by atoms with Gasteiger partial charge in [-0.25, -0.2) is 0 Å². The molecular weight excluding hydrogens is 210 g/mol. The third kappa shape index (κ3) is 3.92. The van der Waals surface area contributed by atoms with E-state index in [9.17, 15) is 0 Å². The molecular formula is C12H15ClNO. The van der Waals surface area contributed by atoms with Crippen LogP contribution in [0.2, 0.25) is 0 Å². The molecule has 1 aromatic rings. The lowest BCUT2D eigenvalue weighted by molar-refractivity contribution is 0.321. The molecule has 81 valence electrons. The predicted octanol–water partition coefficient (Wildman–Crippen LogP) is 3.66. The first-order chi connectivity index (χ1) is 6.92. The summed E-state index contributed by atoms with van der Waals surface area (Å²) in [6.45, 7) is 6.43. The lowest BCUT2D eigenvalue weighted by Crippen LogP contribution is -2.06. The first-order valence-corrected chi connectivity index (χ1v) is 5.14. The second-order valence-electron chi connectivity index (χ2n) is 4.52. The molecule has 0 bridgehead atoms. The maximum absolute atomic E-state index is 8.49. The van der Waals surface area contributed by atoms with Crippen LogP contribution in [0.4, 0.5) is 0 Å². The second kappa shape index (κ2) is 4.67. The van der Waals surface area contributed by atoms with Gasteiger partial charge in [0, 0.05) is 5.56 Å². The van der Waals surface area contributed by atoms with Gasteiger partial charge in [0.05, 0.1) is 0 Å². The van der Waals surface area contributed by atoms with Gasteiger partial charge < -0.3 is 5.21 Å². The average Bonchev–Trinajstić information content (AvgIpc) is 2.15. The predicted molar refractivity (Wildman–Crippen MR) is 63.5 cm³/mol. The van der Waals surface area contributed by atoms with E-state index < -0.39 is 0 Å². The van der Waals surface area contributed by atoms with Gasteiger partial charge in [-0.1, -0.05) is 61.8 Å². The summed E-state index contributed by atoms with van der Waals surface area (Å²) >= 11 is 5.67. The van der Waals surface area contributed by atoms with Crippen molar-refractivity contribution in [2.45, 2.75) is 20.8 Å². The standard InChI is InChI=1S/C12H15ClNO/c1-12(2,3)8-9-4-6-10(7-5-9)11(13)14-15/h4-8,15H,1-3H3. The number of benzene rings is 1. The lowest BCUT2D eigenvalue weighted by atomic mass is 9.88. The molecule has 0 aromatic heterocycles. The van der Waals surface area contributed by atoms with Gasteiger partial charge in [0.2, 0.25) is 0 Å². The molecule has 1 rings (SSSR count). The number of hydrogen-bond donors (Lipinski definition) is 1. The zero-order valence-corrected chi connectivity index (χ0v) is 9.92. The minimum atomic E-state index is 0.109. The smallest absolute Gasteiger partial charge is 0.175 e. The van der Waals surface area contributed by atoms with Crippen LogP contribution in [0.15, 0.2) is 29.4 Å². The van der Waals surface area contributed by atoms with Crippen LogP contribution in [0.5, 0.6) is 0 Å². The van der Waals surface area contributed by atoms with E-state index in [2.05, 4.69) is 32.3 Å². The third-order valence-electron chi connectivity index (χ3n) is 1.84. The molecule has 0 fully saturated rings. The van der Waals surface area contributed by atoms with Crippen molar-refractivity contribution < 1.29 is 5.21 Å². The van der Waals surface area contributed by atoms with Crippen molar-refractivity contribution in [2.24, 2.45) is 10.6 Å². The summed E-state index contributed by atoms with van der Waals surface area (Å²) in [7, 11) is 0. The number of halogens is 1. The molecule has 1 aromatic carbocycles. The van der Waals surface area contributed by atoms with E-state index in [0.717, 1.165) is 5.56 Å². The quantitative estimate of drug-likeness (QED) is 0.464. The molecule has 0 aliphatic heterocycles. The van der Waals surface area contributed by atoms with E-state index in [1.165, 1.54) is 0 Å². The van der Waals surface area contributed by atoms with Crippen molar-refractivity contribution >= 4 is 16.8 Å². The number of oxime groups is 1. The highest BCUT2D eigenvalue weighted by Gasteiger charge is 2.11. The van der Waals surface area contributed by atoms with Crippen molar-refractivity contribution in [1.82, 2.24) is 0 Å². The fourth-order valence-electron chi connectivity index (χ4n) is 1.27. The van der Waals surface area contributed by atoms with E-state index in [1.807, 2.05) is 24.3 Å². The summed E-state index contributed by atoms with van der Waals surface area (Å²) < 4.78 is 0. The summed E-state index contributed by atoms with van der Waals surface area (Å²) in [4.78, 5) is 0. The Kier molecular flexibility index (Phi) is 3.75. The summed E-state index contributed by atoms with van der Waals surface area (Å²) in [5.41, 5.74) is 2.00. The van der Waals surface area contributed by atoms with Crippen molar-refractivity contribution in [2.75, 3.05) is 0 Å².